The predicted octanol–water partition coefficient (Wildman–Crippen LogP) is 7.75. The highest BCUT2D eigenvalue weighted by atomic mass is 35.5. The molecule has 0 radical (unpaired) electrons. The Balaban J connectivity index is 1.29. The van der Waals surface area contributed by atoms with Crippen LogP contribution in [0.25, 0.3) is 0 Å². The maximum atomic E-state index is 13.6. The summed E-state index contributed by atoms with van der Waals surface area (Å²) < 4.78 is 12.1. The van der Waals surface area contributed by atoms with E-state index in [1.54, 1.807) is 37.3 Å². The number of ketones is 1. The van der Waals surface area contributed by atoms with Gasteiger partial charge in [-0.2, -0.15) is 0 Å². The summed E-state index contributed by atoms with van der Waals surface area (Å²) in [6, 6.07) is 26.6. The Morgan fingerprint density at radius 2 is 1.74 bits per heavy atom. The molecule has 3 aromatic carbocycles. The molecule has 1 atom stereocenters. The maximum Gasteiger partial charge on any atom is 0.296 e. The van der Waals surface area contributed by atoms with Crippen molar-refractivity contribution < 1.29 is 23.8 Å². The van der Waals surface area contributed by atoms with E-state index in [1.807, 2.05) is 54.6 Å². The van der Waals surface area contributed by atoms with Crippen LogP contribution in [0.4, 0.5) is 5.13 Å². The van der Waals surface area contributed by atoms with E-state index < -0.39 is 23.5 Å². The van der Waals surface area contributed by atoms with Crippen LogP contribution >= 0.6 is 34.7 Å². The first kappa shape index (κ1) is 28.7. The lowest BCUT2D eigenvalue weighted by atomic mass is 9.95. The molecule has 0 aliphatic carbocycles. The molecule has 43 heavy (non-hydrogen) atoms. The normalized spacial score (nSPS) is 14.9. The van der Waals surface area contributed by atoms with Crippen LogP contribution in [-0.2, 0) is 17.2 Å². The molecule has 0 fully saturated rings. The molecule has 5 aromatic rings. The number of carbonyl (C=O) groups is 2. The first-order chi connectivity index (χ1) is 20.9. The van der Waals surface area contributed by atoms with Crippen molar-refractivity contribution in [2.75, 3.05) is 4.90 Å². The van der Waals surface area contributed by atoms with E-state index in [1.165, 1.54) is 34.1 Å². The van der Waals surface area contributed by atoms with Crippen molar-refractivity contribution in [3.63, 3.8) is 0 Å². The number of aliphatic hydroxyl groups excluding tert-OH is 1. The summed E-state index contributed by atoms with van der Waals surface area (Å²) in [5.41, 5.74) is 2.57. The number of aliphatic hydroxyl groups is 1. The molecule has 3 heterocycles. The molecule has 2 aromatic heterocycles. The van der Waals surface area contributed by atoms with E-state index in [-0.39, 0.29) is 16.5 Å². The topological polar surface area (TPSA) is 106 Å². The fourth-order valence-corrected chi connectivity index (χ4v) is 6.56. The fraction of sp³-hybridized carbons (Fsp3) is 0.125. The van der Waals surface area contributed by atoms with Crippen molar-refractivity contribution in [3.8, 4) is 5.75 Å². The summed E-state index contributed by atoms with van der Waals surface area (Å²) in [5, 5.41) is 20.5. The first-order valence-corrected chi connectivity index (χ1v) is 15.4. The zero-order chi connectivity index (χ0) is 29.9. The van der Waals surface area contributed by atoms with Gasteiger partial charge in [0.2, 0.25) is 10.9 Å². The van der Waals surface area contributed by atoms with Crippen molar-refractivity contribution in [3.05, 3.63) is 136 Å². The van der Waals surface area contributed by atoms with Crippen LogP contribution in [0, 0.1) is 6.92 Å². The van der Waals surface area contributed by atoms with Crippen LogP contribution in [0.2, 0.25) is 5.02 Å². The molecule has 6 rings (SSSR count). The molecular weight excluding hydrogens is 606 g/mol. The van der Waals surface area contributed by atoms with Gasteiger partial charge in [0.15, 0.2) is 15.9 Å². The van der Waals surface area contributed by atoms with Crippen molar-refractivity contribution in [1.82, 2.24) is 10.2 Å². The lowest BCUT2D eigenvalue weighted by Crippen LogP contribution is -2.31. The van der Waals surface area contributed by atoms with E-state index >= 15 is 0 Å². The van der Waals surface area contributed by atoms with Gasteiger partial charge in [-0.1, -0.05) is 89.3 Å². The second kappa shape index (κ2) is 12.5. The van der Waals surface area contributed by atoms with Gasteiger partial charge in [-0.3, -0.25) is 14.5 Å². The number of hydrogen-bond donors (Lipinski definition) is 1. The third kappa shape index (κ3) is 6.22. The van der Waals surface area contributed by atoms with E-state index in [4.69, 9.17) is 20.8 Å². The summed E-state index contributed by atoms with van der Waals surface area (Å²) in [7, 11) is 0. The van der Waals surface area contributed by atoms with Crippen LogP contribution < -0.4 is 9.64 Å². The van der Waals surface area contributed by atoms with Crippen LogP contribution in [-0.4, -0.2) is 27.0 Å². The third-order valence-electron chi connectivity index (χ3n) is 6.74. The van der Waals surface area contributed by atoms with Gasteiger partial charge in [0.1, 0.15) is 18.1 Å². The molecule has 0 bridgehead atoms. The van der Waals surface area contributed by atoms with Gasteiger partial charge >= 0.3 is 0 Å². The largest absolute Gasteiger partial charge is 0.503 e. The molecule has 1 aliphatic rings. The van der Waals surface area contributed by atoms with Crippen LogP contribution in [0.1, 0.15) is 39.0 Å². The number of halogens is 1. The van der Waals surface area contributed by atoms with Gasteiger partial charge in [-0.25, -0.2) is 0 Å². The van der Waals surface area contributed by atoms with Gasteiger partial charge in [0.05, 0.1) is 11.6 Å². The Hall–Kier alpha value is -4.38. The lowest BCUT2D eigenvalue weighted by molar-refractivity contribution is -0.117. The number of furan rings is 1. The fourth-order valence-electron chi connectivity index (χ4n) is 4.61. The predicted molar refractivity (Wildman–Crippen MR) is 166 cm³/mol. The minimum atomic E-state index is -0.962. The average molecular weight is 630 g/mol. The Bertz CT molecular complexity index is 1800. The molecule has 1 aliphatic heterocycles. The van der Waals surface area contributed by atoms with Gasteiger partial charge in [-0.15, -0.1) is 10.2 Å². The highest BCUT2D eigenvalue weighted by molar-refractivity contribution is 8.00. The van der Waals surface area contributed by atoms with Crippen molar-refractivity contribution in [1.29, 1.82) is 0 Å². The molecular formula is C32H24ClN3O5S2. The highest BCUT2D eigenvalue weighted by Gasteiger charge is 2.46. The zero-order valence-electron chi connectivity index (χ0n) is 22.8. The zero-order valence-corrected chi connectivity index (χ0v) is 25.2. The lowest BCUT2D eigenvalue weighted by Gasteiger charge is -2.24. The number of benzene rings is 3. The van der Waals surface area contributed by atoms with Gasteiger partial charge < -0.3 is 14.3 Å². The standard InChI is InChI=1S/C32H24ClN3O5S2/c1-19-7-16-25(41-19)28(37)26-27(22-10-14-24(15-11-22)40-17-20-5-3-2-4-6-20)36(30(39)29(26)38)31-34-35-32(43-31)42-18-21-8-12-23(33)13-9-21/h2-16,27,38H,17-18H2,1H3. The van der Waals surface area contributed by atoms with Crippen molar-refractivity contribution in [2.45, 2.75) is 29.7 Å². The Morgan fingerprint density at radius 1 is 1.00 bits per heavy atom. The molecule has 1 N–H and O–H groups in total. The minimum Gasteiger partial charge on any atom is -0.503 e. The number of ether oxygens (including phenoxy) is 1. The second-order valence-electron chi connectivity index (χ2n) is 9.69. The SMILES string of the molecule is Cc1ccc(C(=O)C2=C(O)C(=O)N(c3nnc(SCc4ccc(Cl)cc4)s3)C2c2ccc(OCc3ccccc3)cc2)o1. The summed E-state index contributed by atoms with van der Waals surface area (Å²) in [6.45, 7) is 2.10. The Kier molecular flexibility index (Phi) is 8.33. The summed E-state index contributed by atoms with van der Waals surface area (Å²) in [5.74, 6) is -0.185. The van der Waals surface area contributed by atoms with E-state index in [9.17, 15) is 14.7 Å². The smallest absolute Gasteiger partial charge is 0.296 e. The number of amides is 1. The van der Waals surface area contributed by atoms with Crippen molar-refractivity contribution >= 4 is 51.5 Å². The molecule has 1 unspecified atom stereocenters. The summed E-state index contributed by atoms with van der Waals surface area (Å²) in [4.78, 5) is 28.5. The molecule has 0 spiro atoms. The second-order valence-corrected chi connectivity index (χ2v) is 12.3. The number of aromatic nitrogens is 2. The quantitative estimate of drug-likeness (QED) is 0.0950. The number of anilines is 1. The number of hydrogen-bond acceptors (Lipinski definition) is 9. The molecule has 1 amide bonds. The number of thioether (sulfide) groups is 1. The summed E-state index contributed by atoms with van der Waals surface area (Å²) in [6.07, 6.45) is 0. The molecule has 11 heteroatoms. The molecule has 0 saturated heterocycles. The molecule has 8 nitrogen and oxygen atoms in total. The first-order valence-electron chi connectivity index (χ1n) is 13.2. The average Bonchev–Trinajstić information content (AvgIpc) is 3.74. The highest BCUT2D eigenvalue weighted by Crippen LogP contribution is 2.44. The van der Waals surface area contributed by atoms with Gasteiger partial charge in [0.25, 0.3) is 5.91 Å². The van der Waals surface area contributed by atoms with Gasteiger partial charge in [-0.05, 0) is 60.0 Å². The monoisotopic (exact) mass is 629 g/mol. The molecule has 0 saturated carbocycles. The van der Waals surface area contributed by atoms with Crippen LogP contribution in [0.15, 0.2) is 111 Å². The van der Waals surface area contributed by atoms with E-state index in [0.717, 1.165) is 11.1 Å². The van der Waals surface area contributed by atoms with Crippen LogP contribution in [0.3, 0.4) is 0 Å². The number of Topliss-reactive ketones (excluding diaryl/α,β-unsaturated/α-hetero) is 1. The Labute approximate surface area is 260 Å². The third-order valence-corrected chi connectivity index (χ3v) is 9.12. The minimum absolute atomic E-state index is 0.0259. The van der Waals surface area contributed by atoms with E-state index in [2.05, 4.69) is 10.2 Å². The Morgan fingerprint density at radius 3 is 2.44 bits per heavy atom. The van der Waals surface area contributed by atoms with Crippen molar-refractivity contribution in [2.24, 2.45) is 0 Å². The summed E-state index contributed by atoms with van der Waals surface area (Å²) >= 11 is 8.65. The number of carbonyl (C=O) groups excluding carboxylic acids is 2. The molecule has 216 valence electrons. The number of rotatable bonds is 10. The number of nitrogens with zero attached hydrogens (tertiary/aromatic N) is 3. The number of aryl methyl sites for hydroxylation is 1. The van der Waals surface area contributed by atoms with Gasteiger partial charge in [0, 0.05) is 10.8 Å². The van der Waals surface area contributed by atoms with E-state index in [0.29, 0.717) is 38.8 Å². The maximum absolute atomic E-state index is 13.6. The van der Waals surface area contributed by atoms with Crippen LogP contribution in [0.5, 0.6) is 5.75 Å².